The van der Waals surface area contributed by atoms with Crippen molar-refractivity contribution < 1.29 is 9.52 Å². The zero-order valence-corrected chi connectivity index (χ0v) is 17.7. The zero-order chi connectivity index (χ0) is 17.7. The van der Waals surface area contributed by atoms with Gasteiger partial charge in [-0.2, -0.15) is 0 Å². The first kappa shape index (κ1) is 20.8. The molecule has 142 valence electrons. The normalized spacial score (nSPS) is 19.0. The summed E-state index contributed by atoms with van der Waals surface area (Å²) in [6, 6.07) is 12.5. The number of aliphatic hydroxyl groups is 1. The van der Waals surface area contributed by atoms with Gasteiger partial charge in [0.2, 0.25) is 0 Å². The van der Waals surface area contributed by atoms with E-state index < -0.39 is 5.60 Å². The molecule has 26 heavy (non-hydrogen) atoms. The topological polar surface area (TPSA) is 69.8 Å². The van der Waals surface area contributed by atoms with Gasteiger partial charge in [-0.25, -0.2) is 4.99 Å². The Morgan fingerprint density at radius 1 is 1.27 bits per heavy atom. The van der Waals surface area contributed by atoms with E-state index >= 15 is 0 Å². The van der Waals surface area contributed by atoms with Crippen molar-refractivity contribution >= 4 is 29.9 Å². The van der Waals surface area contributed by atoms with Crippen molar-refractivity contribution in [3.05, 3.63) is 59.5 Å². The summed E-state index contributed by atoms with van der Waals surface area (Å²) in [4.78, 5) is 4.58. The molecule has 1 aliphatic rings. The third-order valence-electron chi connectivity index (χ3n) is 4.63. The predicted molar refractivity (Wildman–Crippen MR) is 115 cm³/mol. The molecule has 3 rings (SSSR count). The summed E-state index contributed by atoms with van der Waals surface area (Å²) in [5, 5.41) is 17.4. The van der Waals surface area contributed by atoms with Crippen LogP contribution in [0.15, 0.2) is 52.1 Å². The van der Waals surface area contributed by atoms with Crippen LogP contribution in [-0.4, -0.2) is 30.2 Å². The van der Waals surface area contributed by atoms with Crippen molar-refractivity contribution in [2.75, 3.05) is 13.1 Å². The van der Waals surface area contributed by atoms with Crippen LogP contribution in [0.25, 0.3) is 0 Å². The van der Waals surface area contributed by atoms with E-state index in [1.165, 1.54) is 11.1 Å². The van der Waals surface area contributed by atoms with Gasteiger partial charge >= 0.3 is 0 Å². The van der Waals surface area contributed by atoms with E-state index in [1.54, 1.807) is 25.3 Å². The van der Waals surface area contributed by atoms with Gasteiger partial charge in [-0.1, -0.05) is 24.3 Å². The van der Waals surface area contributed by atoms with E-state index in [-0.39, 0.29) is 30.5 Å². The molecule has 2 unspecified atom stereocenters. The van der Waals surface area contributed by atoms with E-state index in [9.17, 15) is 5.11 Å². The molecule has 0 fully saturated rings. The van der Waals surface area contributed by atoms with Gasteiger partial charge in [-0.3, -0.25) is 0 Å². The lowest BCUT2D eigenvalue weighted by molar-refractivity contribution is 0.0436. The van der Waals surface area contributed by atoms with Crippen molar-refractivity contribution in [2.24, 2.45) is 4.99 Å². The molecule has 2 aromatic rings. The number of hydrogen-bond donors (Lipinski definition) is 3. The van der Waals surface area contributed by atoms with Gasteiger partial charge in [0.1, 0.15) is 11.4 Å². The highest BCUT2D eigenvalue weighted by Gasteiger charge is 2.26. The van der Waals surface area contributed by atoms with Gasteiger partial charge in [0.05, 0.1) is 12.8 Å². The van der Waals surface area contributed by atoms with Crippen LogP contribution in [0.3, 0.4) is 0 Å². The summed E-state index contributed by atoms with van der Waals surface area (Å²) >= 11 is 0. The molecule has 0 radical (unpaired) electrons. The molecule has 0 amide bonds. The largest absolute Gasteiger partial charge is 0.466 e. The number of fused-ring (bicyclic) bond motifs is 1. The van der Waals surface area contributed by atoms with Crippen LogP contribution >= 0.6 is 24.0 Å². The minimum atomic E-state index is -1.12. The minimum Gasteiger partial charge on any atom is -0.466 e. The Morgan fingerprint density at radius 2 is 2.04 bits per heavy atom. The smallest absolute Gasteiger partial charge is 0.191 e. The number of benzene rings is 1. The lowest BCUT2D eigenvalue weighted by Gasteiger charge is -2.27. The maximum atomic E-state index is 10.6. The first-order chi connectivity index (χ1) is 12.1. The molecule has 1 aromatic heterocycles. The van der Waals surface area contributed by atoms with Crippen LogP contribution in [0, 0.1) is 0 Å². The molecule has 6 heteroatoms. The number of nitrogens with one attached hydrogen (secondary N) is 2. The number of furan rings is 1. The molecule has 1 aliphatic carbocycles. The number of halogens is 1. The molecule has 0 bridgehead atoms. The molecule has 0 aliphatic heterocycles. The maximum absolute atomic E-state index is 10.6. The molecule has 1 aromatic carbocycles. The molecule has 5 nitrogen and oxygen atoms in total. The van der Waals surface area contributed by atoms with E-state index in [0.29, 0.717) is 11.8 Å². The van der Waals surface area contributed by atoms with Crippen LogP contribution in [0.5, 0.6) is 0 Å². The molecule has 0 spiro atoms. The molecule has 1 heterocycles. The highest BCUT2D eigenvalue weighted by Crippen LogP contribution is 2.22. The first-order valence-corrected chi connectivity index (χ1v) is 8.96. The summed E-state index contributed by atoms with van der Waals surface area (Å²) in [6.45, 7) is 4.77. The zero-order valence-electron chi connectivity index (χ0n) is 15.4. The second-order valence-electron chi connectivity index (χ2n) is 6.80. The fourth-order valence-corrected chi connectivity index (χ4v) is 3.23. The fraction of sp³-hybridized carbons (Fsp3) is 0.450. The molecule has 0 saturated carbocycles. The van der Waals surface area contributed by atoms with Gasteiger partial charge in [-0.15, -0.1) is 24.0 Å². The minimum absolute atomic E-state index is 0. The second-order valence-corrected chi connectivity index (χ2v) is 6.80. The standard InChI is InChI=1S/C20H27N3O2.HI/c1-3-21-19(22-14-20(2,24)18-9-6-12-25-18)23-17-11-10-15-7-4-5-8-16(15)13-17;/h4-9,12,17,24H,3,10-11,13-14H2,1-2H3,(H2,21,22,23);1H. The average Bonchev–Trinajstić information content (AvgIpc) is 3.15. The van der Waals surface area contributed by atoms with Gasteiger partial charge in [0, 0.05) is 12.6 Å². The Balaban J connectivity index is 0.00000243. The first-order valence-electron chi connectivity index (χ1n) is 8.96. The summed E-state index contributed by atoms with van der Waals surface area (Å²) in [5.74, 6) is 1.26. The third-order valence-corrected chi connectivity index (χ3v) is 4.63. The number of hydrogen-bond acceptors (Lipinski definition) is 3. The van der Waals surface area contributed by atoms with Gasteiger partial charge < -0.3 is 20.2 Å². The Morgan fingerprint density at radius 3 is 2.73 bits per heavy atom. The lowest BCUT2D eigenvalue weighted by atomic mass is 9.88. The third kappa shape index (κ3) is 5.23. The van der Waals surface area contributed by atoms with Crippen molar-refractivity contribution in [3.8, 4) is 0 Å². The molecular formula is C20H28IN3O2. The fourth-order valence-electron chi connectivity index (χ4n) is 3.23. The van der Waals surface area contributed by atoms with Gasteiger partial charge in [0.25, 0.3) is 0 Å². The monoisotopic (exact) mass is 469 g/mol. The highest BCUT2D eigenvalue weighted by molar-refractivity contribution is 14.0. The summed E-state index contributed by atoms with van der Waals surface area (Å²) in [6.07, 6.45) is 4.72. The summed E-state index contributed by atoms with van der Waals surface area (Å²) < 4.78 is 5.32. The number of rotatable bonds is 5. The van der Waals surface area contributed by atoms with E-state index in [0.717, 1.165) is 31.8 Å². The van der Waals surface area contributed by atoms with Crippen LogP contribution < -0.4 is 10.6 Å². The van der Waals surface area contributed by atoms with Crippen molar-refractivity contribution in [2.45, 2.75) is 44.8 Å². The SMILES string of the molecule is CCNC(=NCC(C)(O)c1ccco1)NC1CCc2ccccc2C1.I. The number of nitrogens with zero attached hydrogens (tertiary/aromatic N) is 1. The number of guanidine groups is 1. The van der Waals surface area contributed by atoms with E-state index in [4.69, 9.17) is 4.42 Å². The van der Waals surface area contributed by atoms with Crippen LogP contribution in [0.2, 0.25) is 0 Å². The predicted octanol–water partition coefficient (Wildman–Crippen LogP) is 3.22. The second kappa shape index (κ2) is 9.41. The highest BCUT2D eigenvalue weighted by atomic mass is 127. The Bertz CT molecular complexity index is 714. The van der Waals surface area contributed by atoms with Crippen molar-refractivity contribution in [1.82, 2.24) is 10.6 Å². The van der Waals surface area contributed by atoms with Gasteiger partial charge in [-0.05, 0) is 56.4 Å². The Kier molecular flexibility index (Phi) is 7.52. The van der Waals surface area contributed by atoms with Gasteiger partial charge in [0.15, 0.2) is 5.96 Å². The average molecular weight is 469 g/mol. The molecular weight excluding hydrogens is 441 g/mol. The molecule has 2 atom stereocenters. The van der Waals surface area contributed by atoms with Crippen molar-refractivity contribution in [1.29, 1.82) is 0 Å². The van der Waals surface area contributed by atoms with Crippen molar-refractivity contribution in [3.63, 3.8) is 0 Å². The Labute approximate surface area is 172 Å². The van der Waals surface area contributed by atoms with Crippen LogP contribution in [-0.2, 0) is 18.4 Å². The quantitative estimate of drug-likeness (QED) is 0.358. The lowest BCUT2D eigenvalue weighted by Crippen LogP contribution is -2.46. The summed E-state index contributed by atoms with van der Waals surface area (Å²) in [5.41, 5.74) is 1.73. The van der Waals surface area contributed by atoms with E-state index in [1.807, 2.05) is 6.92 Å². The molecule has 3 N–H and O–H groups in total. The Hall–Kier alpha value is -1.54. The maximum Gasteiger partial charge on any atom is 0.191 e. The molecule has 0 saturated heterocycles. The van der Waals surface area contributed by atoms with E-state index in [2.05, 4.69) is 39.9 Å². The van der Waals surface area contributed by atoms with Crippen LogP contribution in [0.4, 0.5) is 0 Å². The summed E-state index contributed by atoms with van der Waals surface area (Å²) in [7, 11) is 0. The van der Waals surface area contributed by atoms with Crippen LogP contribution in [0.1, 0.15) is 37.2 Å². The number of aliphatic imine (C=N–C) groups is 1. The number of aryl methyl sites for hydroxylation is 1.